The number of ether oxygens (including phenoxy) is 2. The third-order valence-corrected chi connectivity index (χ3v) is 2.94. The number of nitriles is 1. The van der Waals surface area contributed by atoms with Crippen LogP contribution in [-0.4, -0.2) is 18.2 Å². The van der Waals surface area contributed by atoms with Crippen LogP contribution in [0.4, 0.5) is 0 Å². The minimum atomic E-state index is 0.554. The first-order valence-corrected chi connectivity index (χ1v) is 6.13. The van der Waals surface area contributed by atoms with Gasteiger partial charge in [0.2, 0.25) is 0 Å². The molecule has 0 saturated heterocycles. The van der Waals surface area contributed by atoms with Crippen LogP contribution in [0.15, 0.2) is 36.5 Å². The van der Waals surface area contributed by atoms with E-state index in [1.165, 1.54) is 0 Å². The highest BCUT2D eigenvalue weighted by Crippen LogP contribution is 2.33. The minimum Gasteiger partial charge on any atom is -0.490 e. The van der Waals surface area contributed by atoms with Crippen molar-refractivity contribution in [3.63, 3.8) is 0 Å². The van der Waals surface area contributed by atoms with E-state index in [2.05, 4.69) is 11.1 Å². The summed E-state index contributed by atoms with van der Waals surface area (Å²) in [6, 6.07) is 11.4. The number of aromatic nitrogens is 1. The van der Waals surface area contributed by atoms with Crippen molar-refractivity contribution in [1.82, 2.24) is 4.98 Å². The fourth-order valence-electron chi connectivity index (χ4n) is 1.95. The summed E-state index contributed by atoms with van der Waals surface area (Å²) in [5.41, 5.74) is 2.32. The average Bonchev–Trinajstić information content (AvgIpc) is 2.72. The fourth-order valence-corrected chi connectivity index (χ4v) is 1.95. The number of nitrogens with zero attached hydrogens (tertiary/aromatic N) is 2. The Hall–Kier alpha value is -2.54. The Morgan fingerprint density at radius 3 is 2.63 bits per heavy atom. The van der Waals surface area contributed by atoms with Gasteiger partial charge in [-0.25, -0.2) is 0 Å². The molecular formula is C15H12N2O2. The van der Waals surface area contributed by atoms with Crippen molar-refractivity contribution >= 4 is 0 Å². The van der Waals surface area contributed by atoms with E-state index in [0.717, 1.165) is 29.2 Å². The van der Waals surface area contributed by atoms with Crippen LogP contribution in [0.1, 0.15) is 12.0 Å². The zero-order valence-electron chi connectivity index (χ0n) is 10.3. The molecule has 1 aromatic heterocycles. The largest absolute Gasteiger partial charge is 0.490 e. The topological polar surface area (TPSA) is 55.1 Å². The number of pyridine rings is 1. The molecule has 0 bridgehead atoms. The van der Waals surface area contributed by atoms with Gasteiger partial charge in [-0.15, -0.1) is 0 Å². The van der Waals surface area contributed by atoms with Crippen LogP contribution < -0.4 is 9.47 Å². The molecule has 0 spiro atoms. The molecule has 1 aromatic carbocycles. The molecule has 3 rings (SSSR count). The monoisotopic (exact) mass is 252 g/mol. The molecule has 19 heavy (non-hydrogen) atoms. The van der Waals surface area contributed by atoms with Gasteiger partial charge in [0.25, 0.3) is 0 Å². The Morgan fingerprint density at radius 2 is 1.89 bits per heavy atom. The molecule has 0 atom stereocenters. The van der Waals surface area contributed by atoms with Gasteiger partial charge in [-0.05, 0) is 30.3 Å². The molecule has 4 heteroatoms. The lowest BCUT2D eigenvalue weighted by Crippen LogP contribution is -1.97. The SMILES string of the molecule is N#Cc1ccc(-c2ccc3c(c2)OCCCO3)nc1. The first kappa shape index (κ1) is 11.5. The van der Waals surface area contributed by atoms with Gasteiger partial charge in [-0.1, -0.05) is 0 Å². The van der Waals surface area contributed by atoms with Crippen LogP contribution in [0.25, 0.3) is 11.3 Å². The van der Waals surface area contributed by atoms with Crippen molar-refractivity contribution in [2.24, 2.45) is 0 Å². The summed E-state index contributed by atoms with van der Waals surface area (Å²) in [4.78, 5) is 4.27. The highest BCUT2D eigenvalue weighted by Gasteiger charge is 2.11. The van der Waals surface area contributed by atoms with Crippen molar-refractivity contribution in [3.05, 3.63) is 42.1 Å². The van der Waals surface area contributed by atoms with Crippen LogP contribution in [0, 0.1) is 11.3 Å². The summed E-state index contributed by atoms with van der Waals surface area (Å²) in [7, 11) is 0. The van der Waals surface area contributed by atoms with Gasteiger partial charge in [0.15, 0.2) is 11.5 Å². The van der Waals surface area contributed by atoms with Crippen LogP contribution >= 0.6 is 0 Å². The van der Waals surface area contributed by atoms with Crippen molar-refractivity contribution in [2.45, 2.75) is 6.42 Å². The summed E-state index contributed by atoms with van der Waals surface area (Å²) in [5.74, 6) is 1.52. The van der Waals surface area contributed by atoms with Crippen LogP contribution in [-0.2, 0) is 0 Å². The van der Waals surface area contributed by atoms with Gasteiger partial charge in [-0.3, -0.25) is 4.98 Å². The number of fused-ring (bicyclic) bond motifs is 1. The van der Waals surface area contributed by atoms with E-state index in [1.807, 2.05) is 24.3 Å². The third-order valence-electron chi connectivity index (χ3n) is 2.94. The number of benzene rings is 1. The second-order valence-electron chi connectivity index (χ2n) is 4.26. The summed E-state index contributed by atoms with van der Waals surface area (Å²) in [6.45, 7) is 1.35. The van der Waals surface area contributed by atoms with Crippen LogP contribution in [0.5, 0.6) is 11.5 Å². The first-order valence-electron chi connectivity index (χ1n) is 6.13. The van der Waals surface area contributed by atoms with Crippen molar-refractivity contribution in [1.29, 1.82) is 5.26 Å². The predicted octanol–water partition coefficient (Wildman–Crippen LogP) is 2.78. The maximum absolute atomic E-state index is 8.76. The number of rotatable bonds is 1. The molecule has 0 radical (unpaired) electrons. The minimum absolute atomic E-state index is 0.554. The standard InChI is InChI=1S/C15H12N2O2/c16-9-11-2-4-13(17-10-11)12-3-5-14-15(8-12)19-7-1-6-18-14/h2-5,8,10H,1,6-7H2. The van der Waals surface area contributed by atoms with E-state index < -0.39 is 0 Å². The van der Waals surface area contributed by atoms with E-state index >= 15 is 0 Å². The Balaban J connectivity index is 1.96. The summed E-state index contributed by atoms with van der Waals surface area (Å²) < 4.78 is 11.2. The molecule has 0 unspecified atom stereocenters. The molecule has 2 heterocycles. The number of hydrogen-bond donors (Lipinski definition) is 0. The second kappa shape index (κ2) is 4.99. The highest BCUT2D eigenvalue weighted by molar-refractivity contribution is 5.64. The van der Waals surface area contributed by atoms with Gasteiger partial charge < -0.3 is 9.47 Å². The zero-order valence-corrected chi connectivity index (χ0v) is 10.3. The van der Waals surface area contributed by atoms with Crippen molar-refractivity contribution < 1.29 is 9.47 Å². The maximum Gasteiger partial charge on any atom is 0.161 e. The highest BCUT2D eigenvalue weighted by atomic mass is 16.5. The molecule has 4 nitrogen and oxygen atoms in total. The molecule has 0 aliphatic carbocycles. The molecule has 1 aliphatic heterocycles. The normalized spacial score (nSPS) is 13.4. The smallest absolute Gasteiger partial charge is 0.161 e. The summed E-state index contributed by atoms with van der Waals surface area (Å²) in [6.07, 6.45) is 2.46. The maximum atomic E-state index is 8.76. The van der Waals surface area contributed by atoms with E-state index in [1.54, 1.807) is 12.3 Å². The molecule has 2 aromatic rings. The molecule has 1 aliphatic rings. The second-order valence-corrected chi connectivity index (χ2v) is 4.26. The Labute approximate surface area is 111 Å². The van der Waals surface area contributed by atoms with Gasteiger partial charge in [0, 0.05) is 18.2 Å². The summed E-state index contributed by atoms with van der Waals surface area (Å²) >= 11 is 0. The predicted molar refractivity (Wildman–Crippen MR) is 70.0 cm³/mol. The molecule has 0 fully saturated rings. The van der Waals surface area contributed by atoms with Gasteiger partial charge >= 0.3 is 0 Å². The Kier molecular flexibility index (Phi) is 3.03. The number of hydrogen-bond acceptors (Lipinski definition) is 4. The fraction of sp³-hybridized carbons (Fsp3) is 0.200. The van der Waals surface area contributed by atoms with Crippen LogP contribution in [0.2, 0.25) is 0 Å². The lowest BCUT2D eigenvalue weighted by Gasteiger charge is -2.09. The van der Waals surface area contributed by atoms with E-state index in [4.69, 9.17) is 14.7 Å². The third kappa shape index (κ3) is 2.36. The van der Waals surface area contributed by atoms with Gasteiger partial charge in [0.05, 0.1) is 24.5 Å². The molecule has 94 valence electrons. The lowest BCUT2D eigenvalue weighted by atomic mass is 10.1. The van der Waals surface area contributed by atoms with Crippen molar-refractivity contribution in [2.75, 3.05) is 13.2 Å². The molecule has 0 saturated carbocycles. The first-order chi connectivity index (χ1) is 9.36. The van der Waals surface area contributed by atoms with Gasteiger partial charge in [-0.2, -0.15) is 5.26 Å². The molecular weight excluding hydrogens is 240 g/mol. The van der Waals surface area contributed by atoms with Crippen LogP contribution in [0.3, 0.4) is 0 Å². The summed E-state index contributed by atoms with van der Waals surface area (Å²) in [5, 5.41) is 8.76. The van der Waals surface area contributed by atoms with E-state index in [9.17, 15) is 0 Å². The Bertz CT molecular complexity index is 630. The van der Waals surface area contributed by atoms with E-state index in [-0.39, 0.29) is 0 Å². The molecule has 0 amide bonds. The quantitative estimate of drug-likeness (QED) is 0.783. The van der Waals surface area contributed by atoms with Gasteiger partial charge in [0.1, 0.15) is 6.07 Å². The lowest BCUT2D eigenvalue weighted by molar-refractivity contribution is 0.297. The zero-order chi connectivity index (χ0) is 13.1. The van der Waals surface area contributed by atoms with E-state index in [0.29, 0.717) is 18.8 Å². The van der Waals surface area contributed by atoms with Crippen molar-refractivity contribution in [3.8, 4) is 28.8 Å². The Morgan fingerprint density at radius 1 is 1.05 bits per heavy atom. The molecule has 0 N–H and O–H groups in total. The average molecular weight is 252 g/mol.